The van der Waals surface area contributed by atoms with Crippen LogP contribution < -0.4 is 0 Å². The van der Waals surface area contributed by atoms with E-state index in [4.69, 9.17) is 4.74 Å². The summed E-state index contributed by atoms with van der Waals surface area (Å²) in [6, 6.07) is 0. The lowest BCUT2D eigenvalue weighted by Gasteiger charge is -2.42. The number of carbonyl (C=O) groups excluding carboxylic acids is 2. The highest BCUT2D eigenvalue weighted by Gasteiger charge is 2.47. The first-order valence-corrected chi connectivity index (χ1v) is 11.6. The van der Waals surface area contributed by atoms with Crippen LogP contribution in [0.2, 0.25) is 0 Å². The predicted octanol–water partition coefficient (Wildman–Crippen LogP) is 5.95. The summed E-state index contributed by atoms with van der Waals surface area (Å²) in [7, 11) is 1.39. The zero-order valence-corrected chi connectivity index (χ0v) is 17.8. The van der Waals surface area contributed by atoms with Gasteiger partial charge in [0, 0.05) is 6.42 Å². The Labute approximate surface area is 166 Å². The van der Waals surface area contributed by atoms with Crippen LogP contribution >= 0.6 is 0 Å². The summed E-state index contributed by atoms with van der Waals surface area (Å²) in [6.07, 6.45) is 16.2. The standard InChI is InChI=1S/C24H40O3/c1-4-5-17-6-8-18(9-7-17)19-10-12-20(13-11-19)21-14-15-24(2,22(25)16-21)23(26)27-3/h17-21H,4-16H2,1-3H3/t17-,18-,19?,20?,21?,24-/m0/s1. The van der Waals surface area contributed by atoms with Gasteiger partial charge < -0.3 is 4.74 Å². The van der Waals surface area contributed by atoms with Gasteiger partial charge in [0.2, 0.25) is 0 Å². The van der Waals surface area contributed by atoms with Crippen molar-refractivity contribution in [1.29, 1.82) is 0 Å². The molecule has 154 valence electrons. The van der Waals surface area contributed by atoms with E-state index in [0.717, 1.165) is 24.2 Å². The number of Topliss-reactive ketones (excluding diaryl/α,β-unsaturated/α-hetero) is 1. The molecule has 3 rings (SSSR count). The van der Waals surface area contributed by atoms with Crippen molar-refractivity contribution in [2.75, 3.05) is 7.11 Å². The molecular weight excluding hydrogens is 336 g/mol. The Hall–Kier alpha value is -0.860. The van der Waals surface area contributed by atoms with E-state index in [2.05, 4.69) is 6.92 Å². The van der Waals surface area contributed by atoms with Crippen LogP contribution in [-0.4, -0.2) is 18.9 Å². The second-order valence-corrected chi connectivity index (χ2v) is 9.99. The van der Waals surface area contributed by atoms with E-state index in [1.165, 1.54) is 71.3 Å². The van der Waals surface area contributed by atoms with Gasteiger partial charge in [0.05, 0.1) is 7.11 Å². The first-order valence-electron chi connectivity index (χ1n) is 11.6. The van der Waals surface area contributed by atoms with E-state index >= 15 is 0 Å². The van der Waals surface area contributed by atoms with Crippen LogP contribution in [0.3, 0.4) is 0 Å². The molecule has 3 nitrogen and oxygen atoms in total. The molecule has 0 saturated heterocycles. The molecule has 0 aliphatic heterocycles. The number of ether oxygens (including phenoxy) is 1. The third-order valence-corrected chi connectivity index (χ3v) is 8.45. The van der Waals surface area contributed by atoms with Gasteiger partial charge in [0.1, 0.15) is 11.2 Å². The lowest BCUT2D eigenvalue weighted by atomic mass is 9.62. The molecule has 0 bridgehead atoms. The molecule has 0 amide bonds. The minimum absolute atomic E-state index is 0.113. The van der Waals surface area contributed by atoms with Gasteiger partial charge >= 0.3 is 5.97 Å². The first-order chi connectivity index (χ1) is 13.0. The number of hydrogen-bond donors (Lipinski definition) is 0. The zero-order chi connectivity index (χ0) is 19.4. The molecule has 27 heavy (non-hydrogen) atoms. The molecule has 3 saturated carbocycles. The van der Waals surface area contributed by atoms with Crippen LogP contribution in [0.15, 0.2) is 0 Å². The lowest BCUT2D eigenvalue weighted by Crippen LogP contribution is -2.43. The van der Waals surface area contributed by atoms with Gasteiger partial charge in [-0.3, -0.25) is 9.59 Å². The lowest BCUT2D eigenvalue weighted by molar-refractivity contribution is -0.160. The van der Waals surface area contributed by atoms with Crippen molar-refractivity contribution in [1.82, 2.24) is 0 Å². The van der Waals surface area contributed by atoms with Crippen LogP contribution in [0.5, 0.6) is 0 Å². The second kappa shape index (κ2) is 9.09. The molecular formula is C24H40O3. The van der Waals surface area contributed by atoms with E-state index in [9.17, 15) is 9.59 Å². The van der Waals surface area contributed by atoms with Crippen LogP contribution in [0.25, 0.3) is 0 Å². The SMILES string of the molecule is CCC[C@H]1CC[C@H](C2CCC(C3CC[C@](C)(C(=O)OC)C(=O)C3)CC2)CC1. The smallest absolute Gasteiger partial charge is 0.319 e. The summed E-state index contributed by atoms with van der Waals surface area (Å²) in [4.78, 5) is 24.7. The second-order valence-electron chi connectivity index (χ2n) is 9.99. The maximum atomic E-state index is 12.7. The van der Waals surface area contributed by atoms with Crippen LogP contribution in [0, 0.1) is 35.0 Å². The van der Waals surface area contributed by atoms with Crippen LogP contribution in [-0.2, 0) is 14.3 Å². The fourth-order valence-electron chi connectivity index (χ4n) is 6.47. The van der Waals surface area contributed by atoms with Gasteiger partial charge in [0.15, 0.2) is 0 Å². The highest BCUT2D eigenvalue weighted by molar-refractivity contribution is 6.03. The third kappa shape index (κ3) is 4.59. The molecule has 3 aliphatic carbocycles. The average Bonchev–Trinajstić information content (AvgIpc) is 2.70. The summed E-state index contributed by atoms with van der Waals surface area (Å²) in [5.41, 5.74) is -0.889. The quantitative estimate of drug-likeness (QED) is 0.440. The molecule has 1 unspecified atom stereocenters. The highest BCUT2D eigenvalue weighted by Crippen LogP contribution is 2.47. The summed E-state index contributed by atoms with van der Waals surface area (Å²) in [6.45, 7) is 4.10. The van der Waals surface area contributed by atoms with Crippen molar-refractivity contribution >= 4 is 11.8 Å². The Bertz CT molecular complexity index is 512. The van der Waals surface area contributed by atoms with Gasteiger partial charge in [-0.05, 0) is 87.9 Å². The number of hydrogen-bond acceptors (Lipinski definition) is 3. The predicted molar refractivity (Wildman–Crippen MR) is 108 cm³/mol. The van der Waals surface area contributed by atoms with Gasteiger partial charge in [-0.15, -0.1) is 0 Å². The van der Waals surface area contributed by atoms with Crippen LogP contribution in [0.4, 0.5) is 0 Å². The molecule has 0 spiro atoms. The Morgan fingerprint density at radius 2 is 1.44 bits per heavy atom. The summed E-state index contributed by atoms with van der Waals surface area (Å²) >= 11 is 0. The summed E-state index contributed by atoms with van der Waals surface area (Å²) in [5, 5.41) is 0. The molecule has 2 atom stereocenters. The highest BCUT2D eigenvalue weighted by atomic mass is 16.5. The summed E-state index contributed by atoms with van der Waals surface area (Å²) in [5.74, 6) is 3.87. The first kappa shape index (κ1) is 20.9. The normalized spacial score (nSPS) is 40.6. The maximum absolute atomic E-state index is 12.7. The van der Waals surface area contributed by atoms with E-state index in [1.54, 1.807) is 6.92 Å². The van der Waals surface area contributed by atoms with E-state index in [1.807, 2.05) is 0 Å². The van der Waals surface area contributed by atoms with Crippen molar-refractivity contribution in [3.8, 4) is 0 Å². The molecule has 0 heterocycles. The number of methoxy groups -OCH3 is 1. The fraction of sp³-hybridized carbons (Fsp3) is 0.917. The molecule has 0 N–H and O–H groups in total. The van der Waals surface area contributed by atoms with Gasteiger partial charge in [-0.2, -0.15) is 0 Å². The Kier molecular flexibility index (Phi) is 7.03. The molecule has 0 aromatic carbocycles. The number of ketones is 1. The molecule has 3 heteroatoms. The molecule has 3 fully saturated rings. The number of carbonyl (C=O) groups is 2. The Balaban J connectivity index is 1.45. The molecule has 0 aromatic rings. The van der Waals surface area contributed by atoms with Crippen molar-refractivity contribution in [2.24, 2.45) is 35.0 Å². The van der Waals surface area contributed by atoms with Crippen LogP contribution in [0.1, 0.15) is 97.3 Å². The average molecular weight is 377 g/mol. The zero-order valence-electron chi connectivity index (χ0n) is 17.8. The molecule has 0 aromatic heterocycles. The Morgan fingerprint density at radius 3 is 1.93 bits per heavy atom. The van der Waals surface area contributed by atoms with Crippen molar-refractivity contribution in [2.45, 2.75) is 97.3 Å². The van der Waals surface area contributed by atoms with Gasteiger partial charge in [-0.1, -0.05) is 32.6 Å². The number of esters is 1. The van der Waals surface area contributed by atoms with Crippen molar-refractivity contribution < 1.29 is 14.3 Å². The van der Waals surface area contributed by atoms with Gasteiger partial charge in [0.25, 0.3) is 0 Å². The molecule has 0 radical (unpaired) electrons. The minimum Gasteiger partial charge on any atom is -0.468 e. The minimum atomic E-state index is -0.889. The largest absolute Gasteiger partial charge is 0.468 e. The van der Waals surface area contributed by atoms with Crippen molar-refractivity contribution in [3.63, 3.8) is 0 Å². The topological polar surface area (TPSA) is 43.4 Å². The maximum Gasteiger partial charge on any atom is 0.319 e. The Morgan fingerprint density at radius 1 is 0.926 bits per heavy atom. The molecule has 3 aliphatic rings. The fourth-order valence-corrected chi connectivity index (χ4v) is 6.47. The monoisotopic (exact) mass is 376 g/mol. The van der Waals surface area contributed by atoms with E-state index in [0.29, 0.717) is 24.7 Å². The van der Waals surface area contributed by atoms with Gasteiger partial charge in [-0.25, -0.2) is 0 Å². The van der Waals surface area contributed by atoms with E-state index in [-0.39, 0.29) is 11.8 Å². The van der Waals surface area contributed by atoms with E-state index < -0.39 is 5.41 Å². The number of rotatable bonds is 5. The third-order valence-electron chi connectivity index (χ3n) is 8.45. The summed E-state index contributed by atoms with van der Waals surface area (Å²) < 4.78 is 4.89. The van der Waals surface area contributed by atoms with Crippen molar-refractivity contribution in [3.05, 3.63) is 0 Å².